The zero-order valence-electron chi connectivity index (χ0n) is 24.1. The highest BCUT2D eigenvalue weighted by Crippen LogP contribution is 2.20. The number of piperazine rings is 1. The van der Waals surface area contributed by atoms with E-state index in [0.29, 0.717) is 19.6 Å². The largest absolute Gasteiger partial charge is 0.497 e. The van der Waals surface area contributed by atoms with E-state index in [-0.39, 0.29) is 24.2 Å². The molecule has 1 aliphatic heterocycles. The van der Waals surface area contributed by atoms with Gasteiger partial charge in [0.1, 0.15) is 11.6 Å². The first-order valence-electron chi connectivity index (χ1n) is 13.1. The van der Waals surface area contributed by atoms with Gasteiger partial charge in [-0.1, -0.05) is 12.1 Å². The lowest BCUT2D eigenvalue weighted by Gasteiger charge is -2.36. The van der Waals surface area contributed by atoms with Gasteiger partial charge in [-0.25, -0.2) is 23.6 Å². The van der Waals surface area contributed by atoms with Gasteiger partial charge in [-0.2, -0.15) is 0 Å². The maximum Gasteiger partial charge on any atom is 0.414 e. The van der Waals surface area contributed by atoms with Crippen LogP contribution in [0.5, 0.6) is 5.75 Å². The van der Waals surface area contributed by atoms with Crippen LogP contribution < -0.4 is 15.0 Å². The number of carboxylic acid groups (broad SMARTS) is 4. The summed E-state index contributed by atoms with van der Waals surface area (Å²) in [5.74, 6) is -7.06. The summed E-state index contributed by atoms with van der Waals surface area (Å²) in [6.07, 6.45) is 0. The molecule has 1 saturated heterocycles. The number of rotatable bonds is 9. The fraction of sp³-hybridized carbons (Fsp3) is 0.357. The van der Waals surface area contributed by atoms with Gasteiger partial charge in [0.15, 0.2) is 0 Å². The van der Waals surface area contributed by atoms with E-state index in [0.717, 1.165) is 43.2 Å². The highest BCUT2D eigenvalue weighted by atomic mass is 19.1. The van der Waals surface area contributed by atoms with Crippen molar-refractivity contribution in [3.63, 3.8) is 0 Å². The number of ether oxygens (including phenoxy) is 1. The van der Waals surface area contributed by atoms with Crippen LogP contribution in [0.4, 0.5) is 10.1 Å². The first-order valence-corrected chi connectivity index (χ1v) is 13.1. The van der Waals surface area contributed by atoms with Crippen LogP contribution in [-0.2, 0) is 35.3 Å². The van der Waals surface area contributed by atoms with Crippen molar-refractivity contribution in [2.45, 2.75) is 13.5 Å². The quantitative estimate of drug-likeness (QED) is 0.240. The van der Waals surface area contributed by atoms with Crippen molar-refractivity contribution in [2.24, 2.45) is 0 Å². The summed E-state index contributed by atoms with van der Waals surface area (Å²) < 4.78 is 18.2. The number of carbonyl (C=O) groups excluding carboxylic acids is 2. The van der Waals surface area contributed by atoms with E-state index in [1.54, 1.807) is 24.1 Å². The Balaban J connectivity index is 0.000000681. The summed E-state index contributed by atoms with van der Waals surface area (Å²) >= 11 is 0. The minimum Gasteiger partial charge on any atom is -0.497 e. The van der Waals surface area contributed by atoms with E-state index in [4.69, 9.17) is 44.3 Å². The van der Waals surface area contributed by atoms with Crippen molar-refractivity contribution >= 4 is 41.4 Å². The Bertz CT molecular complexity index is 1220. The molecule has 44 heavy (non-hydrogen) atoms. The molecule has 2 amide bonds. The zero-order valence-corrected chi connectivity index (χ0v) is 24.1. The smallest absolute Gasteiger partial charge is 0.414 e. The van der Waals surface area contributed by atoms with E-state index in [1.807, 2.05) is 31.2 Å². The molecule has 0 spiro atoms. The lowest BCUT2D eigenvalue weighted by molar-refractivity contribution is -0.159. The van der Waals surface area contributed by atoms with Gasteiger partial charge in [0.2, 0.25) is 11.8 Å². The van der Waals surface area contributed by atoms with Gasteiger partial charge in [-0.15, -0.1) is 0 Å². The van der Waals surface area contributed by atoms with Crippen LogP contribution in [0.2, 0.25) is 0 Å². The van der Waals surface area contributed by atoms with Crippen LogP contribution >= 0.6 is 0 Å². The summed E-state index contributed by atoms with van der Waals surface area (Å²) in [7, 11) is 1.65. The molecule has 0 aromatic heterocycles. The second-order valence-electron chi connectivity index (χ2n) is 8.99. The number of nitrogens with one attached hydrogen (secondary N) is 1. The van der Waals surface area contributed by atoms with Gasteiger partial charge in [-0.05, 0) is 48.9 Å². The fourth-order valence-corrected chi connectivity index (χ4v) is 3.66. The van der Waals surface area contributed by atoms with E-state index < -0.39 is 23.9 Å². The third-order valence-corrected chi connectivity index (χ3v) is 6.01. The van der Waals surface area contributed by atoms with Crippen LogP contribution in [0.25, 0.3) is 0 Å². The number of anilines is 1. The number of methoxy groups -OCH3 is 1. The molecule has 0 radical (unpaired) electrons. The normalized spacial score (nSPS) is 12.3. The Morgan fingerprint density at radius 3 is 1.75 bits per heavy atom. The van der Waals surface area contributed by atoms with E-state index in [1.165, 1.54) is 12.1 Å². The molecule has 3 rings (SSSR count). The highest BCUT2D eigenvalue weighted by Gasteiger charge is 2.22. The van der Waals surface area contributed by atoms with Crippen LogP contribution in [-0.4, -0.2) is 119 Å². The number of amides is 2. The number of carboxylic acids is 4. The molecule has 16 heteroatoms. The monoisotopic (exact) mass is 622 g/mol. The molecule has 5 N–H and O–H groups in total. The molecule has 1 fully saturated rings. The van der Waals surface area contributed by atoms with Crippen molar-refractivity contribution in [3.8, 4) is 5.75 Å². The maximum atomic E-state index is 13.0. The van der Waals surface area contributed by atoms with Gasteiger partial charge < -0.3 is 40.3 Å². The highest BCUT2D eigenvalue weighted by molar-refractivity contribution is 6.27. The van der Waals surface area contributed by atoms with Crippen molar-refractivity contribution in [1.82, 2.24) is 15.1 Å². The molecule has 0 bridgehead atoms. The lowest BCUT2D eigenvalue weighted by Crippen LogP contribution is -2.51. The van der Waals surface area contributed by atoms with E-state index >= 15 is 0 Å². The second-order valence-corrected chi connectivity index (χ2v) is 8.99. The predicted molar refractivity (Wildman–Crippen MR) is 153 cm³/mol. The number of likely N-dealkylation sites (N-methyl/N-ethyl adjacent to an activating group) is 1. The average molecular weight is 623 g/mol. The predicted octanol–water partition coefficient (Wildman–Crippen LogP) is 0.432. The Morgan fingerprint density at radius 2 is 1.32 bits per heavy atom. The maximum absolute atomic E-state index is 13.0. The van der Waals surface area contributed by atoms with Crippen molar-refractivity contribution < 1.29 is 58.3 Å². The van der Waals surface area contributed by atoms with Crippen LogP contribution in [0, 0.1) is 5.82 Å². The first-order chi connectivity index (χ1) is 20.8. The Hall–Kier alpha value is -5.25. The Morgan fingerprint density at radius 1 is 0.818 bits per heavy atom. The zero-order chi connectivity index (χ0) is 33.2. The van der Waals surface area contributed by atoms with Crippen LogP contribution in [0.3, 0.4) is 0 Å². The Kier molecular flexibility index (Phi) is 15.9. The minimum absolute atomic E-state index is 0.0162. The molecule has 0 saturated carbocycles. The summed E-state index contributed by atoms with van der Waals surface area (Å²) in [6.45, 7) is 6.20. The average Bonchev–Trinajstić information content (AvgIpc) is 3.00. The summed E-state index contributed by atoms with van der Waals surface area (Å²) in [4.78, 5) is 67.4. The lowest BCUT2D eigenvalue weighted by atomic mass is 10.2. The molecule has 1 aliphatic rings. The van der Waals surface area contributed by atoms with Gasteiger partial charge in [0.05, 0.1) is 20.2 Å². The molecule has 2 aromatic carbocycles. The molecular formula is C28H35FN4O11. The molecule has 1 heterocycles. The van der Waals surface area contributed by atoms with Gasteiger partial charge in [0, 0.05) is 45.0 Å². The molecule has 2 aromatic rings. The number of aliphatic carboxylic acids is 4. The number of carbonyl (C=O) groups is 6. The number of halogens is 1. The van der Waals surface area contributed by atoms with E-state index in [2.05, 4.69) is 15.1 Å². The van der Waals surface area contributed by atoms with Crippen LogP contribution in [0.1, 0.15) is 12.5 Å². The van der Waals surface area contributed by atoms with Gasteiger partial charge >= 0.3 is 23.9 Å². The fourth-order valence-electron chi connectivity index (χ4n) is 3.66. The molecule has 0 aliphatic carbocycles. The number of hydrogen-bond donors (Lipinski definition) is 5. The summed E-state index contributed by atoms with van der Waals surface area (Å²) in [5.41, 5.74) is 1.95. The summed E-state index contributed by atoms with van der Waals surface area (Å²) in [5, 5.41) is 32.4. The molecule has 0 unspecified atom stereocenters. The number of benzene rings is 2. The van der Waals surface area contributed by atoms with Gasteiger partial charge in [0.25, 0.3) is 0 Å². The molecule has 0 atom stereocenters. The number of nitrogens with zero attached hydrogens (tertiary/aromatic N) is 3. The van der Waals surface area contributed by atoms with Crippen molar-refractivity contribution in [2.75, 3.05) is 57.8 Å². The molecule has 15 nitrogen and oxygen atoms in total. The van der Waals surface area contributed by atoms with Crippen molar-refractivity contribution in [3.05, 3.63) is 59.9 Å². The van der Waals surface area contributed by atoms with E-state index in [9.17, 15) is 14.0 Å². The third kappa shape index (κ3) is 14.1. The first kappa shape index (κ1) is 36.8. The van der Waals surface area contributed by atoms with Crippen molar-refractivity contribution in [1.29, 1.82) is 0 Å². The molecule has 240 valence electrons. The SMILES string of the molecule is CCN(CC(=O)NCc1ccc(F)cc1)C(=O)CN1CCN(c2ccc(OC)cc2)CC1.O=C(O)C(=O)O.O=C(O)C(=O)O. The molecular weight excluding hydrogens is 587 g/mol. The van der Waals surface area contributed by atoms with Crippen LogP contribution in [0.15, 0.2) is 48.5 Å². The van der Waals surface area contributed by atoms with Gasteiger partial charge in [-0.3, -0.25) is 14.5 Å². The topological polar surface area (TPSA) is 214 Å². The summed E-state index contributed by atoms with van der Waals surface area (Å²) in [6, 6.07) is 14.0. The number of hydrogen-bond acceptors (Lipinski definition) is 9. The standard InChI is InChI=1S/C24H31FN4O3.2C2H2O4/c1-3-28(17-23(30)26-16-19-4-6-20(25)7-5-19)24(31)18-27-12-14-29(15-13-27)21-8-10-22(32-2)11-9-21;2*3-1(4)2(5)6/h4-11H,3,12-18H2,1-2H3,(H,26,30);2*(H,3,4)(H,5,6). The minimum atomic E-state index is -1.82. The Labute approximate surface area is 252 Å². The third-order valence-electron chi connectivity index (χ3n) is 6.01. The second kappa shape index (κ2) is 19.0.